The molecule has 0 saturated carbocycles. The highest BCUT2D eigenvalue weighted by molar-refractivity contribution is 8.26. The van der Waals surface area contributed by atoms with Crippen molar-refractivity contribution in [3.05, 3.63) is 70.6 Å². The van der Waals surface area contributed by atoms with E-state index in [0.717, 1.165) is 22.2 Å². The highest BCUT2D eigenvalue weighted by Crippen LogP contribution is 2.38. The Morgan fingerprint density at radius 3 is 2.42 bits per heavy atom. The van der Waals surface area contributed by atoms with Crippen LogP contribution < -0.4 is 4.74 Å². The lowest BCUT2D eigenvalue weighted by Crippen LogP contribution is -2.37. The van der Waals surface area contributed by atoms with Crippen molar-refractivity contribution in [2.24, 2.45) is 0 Å². The van der Waals surface area contributed by atoms with E-state index < -0.39 is 17.9 Å². The van der Waals surface area contributed by atoms with Crippen molar-refractivity contribution in [3.63, 3.8) is 0 Å². The molecule has 1 atom stereocenters. The Bertz CT molecular complexity index is 878. The molecule has 1 fully saturated rings. The molecule has 1 N–H and O–H groups in total. The van der Waals surface area contributed by atoms with Crippen LogP contribution in [0.2, 0.25) is 0 Å². The van der Waals surface area contributed by atoms with Crippen LogP contribution in [0.4, 0.5) is 0 Å². The van der Waals surface area contributed by atoms with E-state index in [2.05, 4.69) is 0 Å². The summed E-state index contributed by atoms with van der Waals surface area (Å²) in [7, 11) is 1.58. The summed E-state index contributed by atoms with van der Waals surface area (Å²) >= 11 is 6.39. The summed E-state index contributed by atoms with van der Waals surface area (Å²) in [5.41, 5.74) is 1.31. The molecule has 1 heterocycles. The van der Waals surface area contributed by atoms with Crippen LogP contribution in [0.1, 0.15) is 17.2 Å². The average Bonchev–Trinajstić information content (AvgIpc) is 2.91. The summed E-state index contributed by atoms with van der Waals surface area (Å²) in [5, 5.41) is 9.66. The minimum absolute atomic E-state index is 0.228. The average molecular weight is 385 g/mol. The van der Waals surface area contributed by atoms with Crippen molar-refractivity contribution < 1.29 is 19.4 Å². The molecule has 0 spiro atoms. The van der Waals surface area contributed by atoms with Crippen molar-refractivity contribution in [2.75, 3.05) is 7.11 Å². The maximum Gasteiger partial charge on any atom is 0.331 e. The third-order valence-corrected chi connectivity index (χ3v) is 5.17. The number of hydrogen-bond acceptors (Lipinski definition) is 5. The molecule has 2 aromatic rings. The number of amides is 1. The number of ether oxygens (including phenoxy) is 1. The topological polar surface area (TPSA) is 66.8 Å². The lowest BCUT2D eigenvalue weighted by atomic mass is 10.1. The number of aliphatic carboxylic acids is 1. The van der Waals surface area contributed by atoms with Gasteiger partial charge >= 0.3 is 5.97 Å². The third-order valence-electron chi connectivity index (χ3n) is 3.84. The zero-order chi connectivity index (χ0) is 18.7. The Hall–Kier alpha value is -2.64. The molecule has 0 aliphatic carbocycles. The monoisotopic (exact) mass is 385 g/mol. The zero-order valence-electron chi connectivity index (χ0n) is 13.8. The zero-order valence-corrected chi connectivity index (χ0v) is 15.4. The lowest BCUT2D eigenvalue weighted by molar-refractivity contribution is -0.145. The highest BCUT2D eigenvalue weighted by atomic mass is 32.2. The first kappa shape index (κ1) is 18.2. The van der Waals surface area contributed by atoms with Crippen molar-refractivity contribution >= 4 is 46.3 Å². The molecule has 0 aromatic heterocycles. The number of carboxylic acids is 1. The number of thiocarbonyl (C=S) groups is 1. The quantitative estimate of drug-likeness (QED) is 0.625. The smallest absolute Gasteiger partial charge is 0.331 e. The van der Waals surface area contributed by atoms with Gasteiger partial charge in [0.2, 0.25) is 0 Å². The number of methoxy groups -OCH3 is 1. The van der Waals surface area contributed by atoms with E-state index in [1.807, 2.05) is 12.1 Å². The molecular weight excluding hydrogens is 370 g/mol. The van der Waals surface area contributed by atoms with Gasteiger partial charge in [-0.05, 0) is 29.3 Å². The van der Waals surface area contributed by atoms with Crippen LogP contribution in [0, 0.1) is 0 Å². The number of carbonyl (C=O) groups excluding carboxylic acids is 1. The van der Waals surface area contributed by atoms with E-state index in [4.69, 9.17) is 17.0 Å². The molecule has 0 bridgehead atoms. The Balaban J connectivity index is 1.92. The molecule has 1 aliphatic heterocycles. The first-order valence-electron chi connectivity index (χ1n) is 7.70. The van der Waals surface area contributed by atoms with Crippen LogP contribution >= 0.6 is 24.0 Å². The van der Waals surface area contributed by atoms with Gasteiger partial charge in [0.25, 0.3) is 5.91 Å². The molecule has 0 radical (unpaired) electrons. The number of carbonyl (C=O) groups is 2. The fourth-order valence-electron chi connectivity index (χ4n) is 2.59. The molecule has 3 rings (SSSR count). The van der Waals surface area contributed by atoms with Gasteiger partial charge in [-0.25, -0.2) is 4.79 Å². The van der Waals surface area contributed by atoms with Gasteiger partial charge in [0.1, 0.15) is 10.1 Å². The van der Waals surface area contributed by atoms with E-state index in [1.165, 1.54) is 0 Å². The summed E-state index contributed by atoms with van der Waals surface area (Å²) in [6, 6.07) is 14.7. The summed E-state index contributed by atoms with van der Waals surface area (Å²) in [5.74, 6) is -0.824. The number of benzene rings is 2. The molecular formula is C19H15NO4S2. The summed E-state index contributed by atoms with van der Waals surface area (Å²) in [6.45, 7) is 0. The molecule has 5 nitrogen and oxygen atoms in total. The predicted octanol–water partition coefficient (Wildman–Crippen LogP) is 3.72. The first-order valence-corrected chi connectivity index (χ1v) is 8.92. The van der Waals surface area contributed by atoms with Crippen LogP contribution in [0.25, 0.3) is 6.08 Å². The third kappa shape index (κ3) is 3.63. The van der Waals surface area contributed by atoms with Crippen molar-refractivity contribution in [1.82, 2.24) is 4.90 Å². The van der Waals surface area contributed by atoms with E-state index in [9.17, 15) is 14.7 Å². The number of hydrogen-bond donors (Lipinski definition) is 1. The van der Waals surface area contributed by atoms with E-state index in [1.54, 1.807) is 55.7 Å². The van der Waals surface area contributed by atoms with Crippen LogP contribution in [0.5, 0.6) is 5.75 Å². The molecule has 2 aromatic carbocycles. The Kier molecular flexibility index (Phi) is 5.39. The van der Waals surface area contributed by atoms with Crippen molar-refractivity contribution in [1.29, 1.82) is 0 Å². The largest absolute Gasteiger partial charge is 0.497 e. The Morgan fingerprint density at radius 2 is 1.85 bits per heavy atom. The van der Waals surface area contributed by atoms with Crippen molar-refractivity contribution in [3.8, 4) is 5.75 Å². The minimum Gasteiger partial charge on any atom is -0.497 e. The van der Waals surface area contributed by atoms with Gasteiger partial charge < -0.3 is 9.84 Å². The van der Waals surface area contributed by atoms with Gasteiger partial charge in [0, 0.05) is 0 Å². The second-order valence-electron chi connectivity index (χ2n) is 5.48. The maximum atomic E-state index is 12.8. The van der Waals surface area contributed by atoms with Crippen LogP contribution in [-0.4, -0.2) is 33.3 Å². The first-order chi connectivity index (χ1) is 12.5. The van der Waals surface area contributed by atoms with E-state index >= 15 is 0 Å². The molecule has 26 heavy (non-hydrogen) atoms. The molecule has 1 unspecified atom stereocenters. The number of carboxylic acid groups (broad SMARTS) is 1. The van der Waals surface area contributed by atoms with E-state index in [0.29, 0.717) is 16.2 Å². The highest BCUT2D eigenvalue weighted by Gasteiger charge is 2.41. The lowest BCUT2D eigenvalue weighted by Gasteiger charge is -2.23. The molecule has 1 amide bonds. The van der Waals surface area contributed by atoms with Crippen LogP contribution in [0.15, 0.2) is 59.5 Å². The van der Waals surface area contributed by atoms with Gasteiger partial charge in [0.15, 0.2) is 6.04 Å². The number of rotatable bonds is 5. The fraction of sp³-hybridized carbons (Fsp3) is 0.105. The Labute approximate surface area is 160 Å². The minimum atomic E-state index is -1.15. The second kappa shape index (κ2) is 7.72. The Morgan fingerprint density at radius 1 is 1.19 bits per heavy atom. The van der Waals surface area contributed by atoms with Crippen LogP contribution in [0.3, 0.4) is 0 Å². The van der Waals surface area contributed by atoms with Gasteiger partial charge in [0.05, 0.1) is 12.0 Å². The summed E-state index contributed by atoms with van der Waals surface area (Å²) in [4.78, 5) is 26.2. The number of thioether (sulfide) groups is 1. The van der Waals surface area contributed by atoms with E-state index in [-0.39, 0.29) is 4.32 Å². The molecule has 132 valence electrons. The fourth-order valence-corrected chi connectivity index (χ4v) is 3.90. The van der Waals surface area contributed by atoms with Crippen LogP contribution in [-0.2, 0) is 9.59 Å². The summed E-state index contributed by atoms with van der Waals surface area (Å²) in [6.07, 6.45) is 1.70. The van der Waals surface area contributed by atoms with Gasteiger partial charge in [-0.2, -0.15) is 0 Å². The molecule has 1 saturated heterocycles. The SMILES string of the molecule is COc1ccc(/C=C2\SC(=S)N(C(C(=O)O)c3ccccc3)C2=O)cc1. The maximum absolute atomic E-state index is 12.8. The molecule has 1 aliphatic rings. The van der Waals surface area contributed by atoms with Gasteiger partial charge in [-0.15, -0.1) is 0 Å². The predicted molar refractivity (Wildman–Crippen MR) is 105 cm³/mol. The number of nitrogens with zero attached hydrogens (tertiary/aromatic N) is 1. The molecule has 7 heteroatoms. The van der Waals surface area contributed by atoms with Crippen molar-refractivity contribution in [2.45, 2.75) is 6.04 Å². The standard InChI is InChI=1S/C19H15NO4S2/c1-24-14-9-7-12(8-10-14)11-15-17(21)20(19(25)26-15)16(18(22)23)13-5-3-2-4-6-13/h2-11,16H,1H3,(H,22,23)/b15-11-. The van der Waals surface area contributed by atoms with Gasteiger partial charge in [-0.3, -0.25) is 9.69 Å². The van der Waals surface area contributed by atoms with Gasteiger partial charge in [-0.1, -0.05) is 66.4 Å². The second-order valence-corrected chi connectivity index (χ2v) is 7.15. The summed E-state index contributed by atoms with van der Waals surface area (Å²) < 4.78 is 5.34. The normalized spacial score (nSPS) is 16.8.